The molecule has 0 amide bonds. The Morgan fingerprint density at radius 3 is 2.85 bits per heavy atom. The molecule has 1 aromatic rings. The van der Waals surface area contributed by atoms with Gasteiger partial charge in [-0.2, -0.15) is 0 Å². The first-order chi connectivity index (χ1) is 13.1. The van der Waals surface area contributed by atoms with Gasteiger partial charge in [0.15, 0.2) is 11.5 Å². The first-order valence-electron chi connectivity index (χ1n) is 10.4. The van der Waals surface area contributed by atoms with Crippen LogP contribution in [0.25, 0.3) is 0 Å². The van der Waals surface area contributed by atoms with Gasteiger partial charge >= 0.3 is 0 Å². The van der Waals surface area contributed by atoms with Crippen molar-refractivity contribution in [1.29, 1.82) is 0 Å². The monoisotopic (exact) mass is 374 g/mol. The van der Waals surface area contributed by atoms with Crippen molar-refractivity contribution in [3.05, 3.63) is 23.3 Å². The number of hydrogen-bond donors (Lipinski definition) is 2. The minimum atomic E-state index is 0.00379. The molecule has 0 radical (unpaired) electrons. The molecule has 1 aliphatic heterocycles. The van der Waals surface area contributed by atoms with Gasteiger partial charge in [-0.1, -0.05) is 13.0 Å². The van der Waals surface area contributed by atoms with E-state index in [9.17, 15) is 5.11 Å². The summed E-state index contributed by atoms with van der Waals surface area (Å²) in [4.78, 5) is 2.53. The molecular formula is C22H34N2O3. The Labute approximate surface area is 163 Å². The van der Waals surface area contributed by atoms with Gasteiger partial charge in [0, 0.05) is 30.2 Å². The molecule has 27 heavy (non-hydrogen) atoms. The van der Waals surface area contributed by atoms with Gasteiger partial charge in [0.1, 0.15) is 0 Å². The summed E-state index contributed by atoms with van der Waals surface area (Å²) in [5.74, 6) is 1.48. The average Bonchev–Trinajstić information content (AvgIpc) is 2.68. The summed E-state index contributed by atoms with van der Waals surface area (Å²) in [5, 5.41) is 14.9. The number of ether oxygens (including phenoxy) is 2. The quantitative estimate of drug-likeness (QED) is 0.830. The number of nitrogens with zero attached hydrogens (tertiary/aromatic N) is 1. The van der Waals surface area contributed by atoms with Crippen molar-refractivity contribution in [3.8, 4) is 11.5 Å². The van der Waals surface area contributed by atoms with Crippen LogP contribution in [0.5, 0.6) is 11.5 Å². The van der Waals surface area contributed by atoms with Crippen LogP contribution in [0.1, 0.15) is 43.7 Å². The lowest BCUT2D eigenvalue weighted by atomic mass is 9.51. The van der Waals surface area contributed by atoms with Gasteiger partial charge in [-0.3, -0.25) is 0 Å². The summed E-state index contributed by atoms with van der Waals surface area (Å²) in [7, 11) is 5.75. The van der Waals surface area contributed by atoms with E-state index >= 15 is 0 Å². The van der Waals surface area contributed by atoms with Crippen LogP contribution in [0.2, 0.25) is 0 Å². The Kier molecular flexibility index (Phi) is 5.12. The highest BCUT2D eigenvalue weighted by atomic mass is 16.5. The zero-order valence-electron chi connectivity index (χ0n) is 17.1. The van der Waals surface area contributed by atoms with E-state index < -0.39 is 0 Å². The molecule has 1 saturated carbocycles. The molecule has 2 aliphatic carbocycles. The minimum Gasteiger partial charge on any atom is -0.504 e. The summed E-state index contributed by atoms with van der Waals surface area (Å²) in [6.07, 6.45) is 5.50. The van der Waals surface area contributed by atoms with Gasteiger partial charge in [0.25, 0.3) is 0 Å². The average molecular weight is 375 g/mol. The molecule has 1 saturated heterocycles. The van der Waals surface area contributed by atoms with E-state index in [1.807, 2.05) is 13.2 Å². The SMILES string of the molecule is CCCN[C@H]1C[C@@]23CCN(C)[C@@H](Cc4ccc(OC)c(O)c42)[C@H]3CC1OC. The number of hydrogen-bond acceptors (Lipinski definition) is 5. The third kappa shape index (κ3) is 2.86. The van der Waals surface area contributed by atoms with Crippen molar-refractivity contribution in [2.45, 2.75) is 62.6 Å². The summed E-state index contributed by atoms with van der Waals surface area (Å²) in [6.45, 7) is 4.29. The van der Waals surface area contributed by atoms with Crippen molar-refractivity contribution in [3.63, 3.8) is 0 Å². The Morgan fingerprint density at radius 1 is 1.33 bits per heavy atom. The van der Waals surface area contributed by atoms with Crippen molar-refractivity contribution < 1.29 is 14.6 Å². The second-order valence-corrected chi connectivity index (χ2v) is 8.69. The summed E-state index contributed by atoms with van der Waals surface area (Å²) >= 11 is 0. The van der Waals surface area contributed by atoms with E-state index in [0.717, 1.165) is 50.8 Å². The van der Waals surface area contributed by atoms with Gasteiger partial charge in [0.05, 0.1) is 13.2 Å². The Morgan fingerprint density at radius 2 is 2.15 bits per heavy atom. The fourth-order valence-corrected chi connectivity index (χ4v) is 6.21. The van der Waals surface area contributed by atoms with Crippen LogP contribution >= 0.6 is 0 Å². The second kappa shape index (κ2) is 7.26. The van der Waals surface area contributed by atoms with E-state index in [2.05, 4.69) is 30.3 Å². The predicted molar refractivity (Wildman–Crippen MR) is 107 cm³/mol. The first kappa shape index (κ1) is 19.0. The van der Waals surface area contributed by atoms with Gasteiger partial charge in [-0.25, -0.2) is 0 Å². The third-order valence-electron chi connectivity index (χ3n) is 7.50. The van der Waals surface area contributed by atoms with Crippen LogP contribution in [0.4, 0.5) is 0 Å². The molecule has 2 N–H and O–H groups in total. The molecule has 5 nitrogen and oxygen atoms in total. The smallest absolute Gasteiger partial charge is 0.161 e. The number of rotatable bonds is 5. The highest BCUT2D eigenvalue weighted by Gasteiger charge is 2.58. The maximum absolute atomic E-state index is 11.1. The molecule has 4 rings (SSSR count). The molecule has 2 fully saturated rings. The van der Waals surface area contributed by atoms with Gasteiger partial charge in [-0.15, -0.1) is 0 Å². The lowest BCUT2D eigenvalue weighted by Gasteiger charge is -2.61. The molecule has 5 atom stereocenters. The number of methoxy groups -OCH3 is 2. The molecule has 5 heteroatoms. The van der Waals surface area contributed by atoms with E-state index in [-0.39, 0.29) is 11.5 Å². The second-order valence-electron chi connectivity index (χ2n) is 8.69. The zero-order valence-corrected chi connectivity index (χ0v) is 17.1. The van der Waals surface area contributed by atoms with E-state index in [4.69, 9.17) is 9.47 Å². The first-order valence-corrected chi connectivity index (χ1v) is 10.4. The number of benzene rings is 1. The third-order valence-corrected chi connectivity index (χ3v) is 7.50. The van der Waals surface area contributed by atoms with E-state index in [1.165, 1.54) is 5.56 Å². The number of likely N-dealkylation sites (N-methyl/N-ethyl adjacent to an activating group) is 1. The number of fused-ring (bicyclic) bond motifs is 1. The van der Waals surface area contributed by atoms with Crippen molar-refractivity contribution in [2.24, 2.45) is 5.92 Å². The Hall–Kier alpha value is -1.30. The van der Waals surface area contributed by atoms with Gasteiger partial charge < -0.3 is 24.8 Å². The number of likely N-dealkylation sites (tertiary alicyclic amines) is 1. The zero-order chi connectivity index (χ0) is 19.2. The van der Waals surface area contributed by atoms with Crippen molar-refractivity contribution in [1.82, 2.24) is 10.2 Å². The van der Waals surface area contributed by atoms with Crippen molar-refractivity contribution in [2.75, 3.05) is 34.4 Å². The molecule has 1 aromatic carbocycles. The topological polar surface area (TPSA) is 54.0 Å². The highest BCUT2D eigenvalue weighted by molar-refractivity contribution is 5.56. The van der Waals surface area contributed by atoms with E-state index in [1.54, 1.807) is 7.11 Å². The lowest BCUT2D eigenvalue weighted by molar-refractivity contribution is -0.0696. The number of phenolic OH excluding ortho intramolecular Hbond substituents is 1. The molecule has 0 spiro atoms. The predicted octanol–water partition coefficient (Wildman–Crippen LogP) is 2.69. The standard InChI is InChI=1S/C22H34N2O3/c1-5-9-23-16-13-22-8-10-24(2)17(15(22)12-19(16)27-4)11-14-6-7-18(26-3)21(25)20(14)22/h6-7,15-17,19,23,25H,5,8-13H2,1-4H3/t15-,16+,17+,19?,22-/m1/s1. The molecule has 1 unspecified atom stereocenters. The van der Waals surface area contributed by atoms with Crippen LogP contribution in [-0.4, -0.2) is 62.6 Å². The fourth-order valence-electron chi connectivity index (χ4n) is 6.21. The van der Waals surface area contributed by atoms with Crippen molar-refractivity contribution >= 4 is 0 Å². The normalized spacial score (nSPS) is 35.4. The number of piperidine rings is 1. The Balaban J connectivity index is 1.82. The van der Waals surface area contributed by atoms with Crippen LogP contribution in [0, 0.1) is 5.92 Å². The maximum atomic E-state index is 11.1. The highest BCUT2D eigenvalue weighted by Crippen LogP contribution is 2.59. The van der Waals surface area contributed by atoms with Crippen LogP contribution in [-0.2, 0) is 16.6 Å². The molecule has 150 valence electrons. The van der Waals surface area contributed by atoms with Crippen LogP contribution < -0.4 is 10.1 Å². The fraction of sp³-hybridized carbons (Fsp3) is 0.727. The molecule has 0 aromatic heterocycles. The number of phenols is 1. The molecular weight excluding hydrogens is 340 g/mol. The summed E-state index contributed by atoms with van der Waals surface area (Å²) in [6, 6.07) is 4.94. The van der Waals surface area contributed by atoms with Crippen LogP contribution in [0.15, 0.2) is 12.1 Å². The minimum absolute atomic E-state index is 0.00379. The largest absolute Gasteiger partial charge is 0.504 e. The summed E-state index contributed by atoms with van der Waals surface area (Å²) < 4.78 is 11.4. The maximum Gasteiger partial charge on any atom is 0.161 e. The molecule has 2 bridgehead atoms. The number of nitrogens with one attached hydrogen (secondary N) is 1. The molecule has 3 aliphatic rings. The van der Waals surface area contributed by atoms with Crippen LogP contribution in [0.3, 0.4) is 0 Å². The lowest BCUT2D eigenvalue weighted by Crippen LogP contribution is -2.65. The number of aromatic hydroxyl groups is 1. The molecule has 1 heterocycles. The summed E-state index contributed by atoms with van der Waals surface area (Å²) in [5.41, 5.74) is 2.46. The van der Waals surface area contributed by atoms with Gasteiger partial charge in [0.2, 0.25) is 0 Å². The Bertz CT molecular complexity index is 694. The van der Waals surface area contributed by atoms with E-state index in [0.29, 0.717) is 29.5 Å². The van der Waals surface area contributed by atoms with Gasteiger partial charge in [-0.05, 0) is 69.8 Å².